The molecule has 26 heavy (non-hydrogen) atoms. The number of anilines is 1. The van der Waals surface area contributed by atoms with Crippen LogP contribution in [0.5, 0.6) is 0 Å². The van der Waals surface area contributed by atoms with E-state index in [0.29, 0.717) is 26.1 Å². The first-order valence-corrected chi connectivity index (χ1v) is 8.98. The Hall–Kier alpha value is -2.82. The lowest BCUT2D eigenvalue weighted by atomic mass is 9.98. The number of likely N-dealkylation sites (tertiary alicyclic amines) is 1. The quantitative estimate of drug-likeness (QED) is 0.868. The zero-order valence-electron chi connectivity index (χ0n) is 14.8. The summed E-state index contributed by atoms with van der Waals surface area (Å²) in [6.45, 7) is 1.82. The summed E-state index contributed by atoms with van der Waals surface area (Å²) in [5.74, 6) is -1.28. The van der Waals surface area contributed by atoms with E-state index in [0.717, 1.165) is 17.7 Å². The molecule has 5 heteroatoms. The summed E-state index contributed by atoms with van der Waals surface area (Å²) in [5.41, 5.74) is 2.11. The summed E-state index contributed by atoms with van der Waals surface area (Å²) in [4.78, 5) is 27.8. The zero-order valence-corrected chi connectivity index (χ0v) is 14.8. The van der Waals surface area contributed by atoms with Gasteiger partial charge in [0.2, 0.25) is 5.91 Å². The molecule has 1 aliphatic rings. The van der Waals surface area contributed by atoms with E-state index in [9.17, 15) is 14.7 Å². The van der Waals surface area contributed by atoms with Gasteiger partial charge in [-0.25, -0.2) is 0 Å². The van der Waals surface area contributed by atoms with E-state index in [2.05, 4.69) is 0 Å². The summed E-state index contributed by atoms with van der Waals surface area (Å²) >= 11 is 0. The lowest BCUT2D eigenvalue weighted by molar-refractivity contribution is -0.145. The summed E-state index contributed by atoms with van der Waals surface area (Å²) in [6, 6.07) is 19.9. The van der Waals surface area contributed by atoms with E-state index in [-0.39, 0.29) is 12.5 Å². The first-order chi connectivity index (χ1) is 12.6. The van der Waals surface area contributed by atoms with Gasteiger partial charge in [-0.2, -0.15) is 0 Å². The number of para-hydroxylation sites is 1. The molecular weight excluding hydrogens is 328 g/mol. The van der Waals surface area contributed by atoms with Crippen LogP contribution in [-0.4, -0.2) is 41.5 Å². The van der Waals surface area contributed by atoms with Crippen molar-refractivity contribution in [2.24, 2.45) is 5.92 Å². The van der Waals surface area contributed by atoms with E-state index >= 15 is 0 Å². The molecule has 1 amide bonds. The van der Waals surface area contributed by atoms with Crippen LogP contribution in [-0.2, 0) is 16.1 Å². The molecular formula is C21H24N2O3. The topological polar surface area (TPSA) is 60.9 Å². The lowest BCUT2D eigenvalue weighted by Crippen LogP contribution is -2.46. The number of benzene rings is 2. The highest BCUT2D eigenvalue weighted by molar-refractivity contribution is 5.82. The number of nitrogens with zero attached hydrogens (tertiary/aromatic N) is 2. The van der Waals surface area contributed by atoms with Crippen molar-refractivity contribution in [2.45, 2.75) is 19.4 Å². The average molecular weight is 352 g/mol. The molecule has 1 atom stereocenters. The molecule has 1 unspecified atom stereocenters. The number of carbonyl (C=O) groups is 2. The highest BCUT2D eigenvalue weighted by Gasteiger charge is 2.28. The Morgan fingerprint density at radius 2 is 1.69 bits per heavy atom. The maximum Gasteiger partial charge on any atom is 0.308 e. The van der Waals surface area contributed by atoms with Crippen molar-refractivity contribution in [1.29, 1.82) is 0 Å². The van der Waals surface area contributed by atoms with Crippen molar-refractivity contribution in [3.8, 4) is 0 Å². The van der Waals surface area contributed by atoms with Crippen molar-refractivity contribution >= 4 is 17.6 Å². The second kappa shape index (κ2) is 8.52. The molecule has 1 fully saturated rings. The first-order valence-electron chi connectivity index (χ1n) is 8.98. The van der Waals surface area contributed by atoms with Gasteiger partial charge in [-0.05, 0) is 30.5 Å². The van der Waals surface area contributed by atoms with Crippen LogP contribution in [0.25, 0.3) is 0 Å². The maximum atomic E-state index is 12.8. The third-order valence-corrected chi connectivity index (χ3v) is 4.79. The largest absolute Gasteiger partial charge is 0.481 e. The molecule has 3 rings (SSSR count). The van der Waals surface area contributed by atoms with Gasteiger partial charge in [-0.15, -0.1) is 0 Å². The van der Waals surface area contributed by atoms with Crippen LogP contribution < -0.4 is 4.90 Å². The van der Waals surface area contributed by atoms with Crippen LogP contribution in [0.2, 0.25) is 0 Å². The number of carboxylic acid groups (broad SMARTS) is 1. The van der Waals surface area contributed by atoms with Gasteiger partial charge < -0.3 is 14.9 Å². The standard InChI is InChI=1S/C21H24N2O3/c24-20(22-13-7-10-18(15-22)21(25)26)16-23(19-11-5-2-6-12-19)14-17-8-3-1-4-9-17/h1-6,8-9,11-12,18H,7,10,13-16H2,(H,25,26). The predicted molar refractivity (Wildman–Crippen MR) is 101 cm³/mol. The van der Waals surface area contributed by atoms with Crippen molar-refractivity contribution < 1.29 is 14.7 Å². The molecule has 0 radical (unpaired) electrons. The number of hydrogen-bond acceptors (Lipinski definition) is 3. The Kier molecular flexibility index (Phi) is 5.89. The average Bonchev–Trinajstić information content (AvgIpc) is 2.69. The summed E-state index contributed by atoms with van der Waals surface area (Å²) in [7, 11) is 0. The summed E-state index contributed by atoms with van der Waals surface area (Å²) in [5, 5.41) is 9.24. The molecule has 0 bridgehead atoms. The van der Waals surface area contributed by atoms with Crippen molar-refractivity contribution in [3.05, 3.63) is 66.2 Å². The van der Waals surface area contributed by atoms with E-state index in [1.54, 1.807) is 4.90 Å². The third kappa shape index (κ3) is 4.63. The monoisotopic (exact) mass is 352 g/mol. The van der Waals surface area contributed by atoms with Crippen LogP contribution >= 0.6 is 0 Å². The number of carbonyl (C=O) groups excluding carboxylic acids is 1. The minimum Gasteiger partial charge on any atom is -0.481 e. The van der Waals surface area contributed by atoms with Crippen molar-refractivity contribution in [1.82, 2.24) is 4.90 Å². The fourth-order valence-electron chi connectivity index (χ4n) is 3.35. The molecule has 1 aliphatic heterocycles. The molecule has 0 aromatic heterocycles. The zero-order chi connectivity index (χ0) is 18.4. The van der Waals surface area contributed by atoms with Gasteiger partial charge in [0.1, 0.15) is 0 Å². The first kappa shape index (κ1) is 18.0. The number of carboxylic acids is 1. The van der Waals surface area contributed by atoms with E-state index in [4.69, 9.17) is 0 Å². The molecule has 1 heterocycles. The van der Waals surface area contributed by atoms with Gasteiger partial charge in [0.15, 0.2) is 0 Å². The van der Waals surface area contributed by atoms with Gasteiger partial charge in [0.05, 0.1) is 12.5 Å². The Labute approximate surface area is 153 Å². The SMILES string of the molecule is O=C(O)C1CCCN(C(=O)CN(Cc2ccccc2)c2ccccc2)C1. The Balaban J connectivity index is 1.72. The number of amides is 1. The highest BCUT2D eigenvalue weighted by atomic mass is 16.4. The van der Waals surface area contributed by atoms with Crippen LogP contribution in [0.3, 0.4) is 0 Å². The van der Waals surface area contributed by atoms with E-state index in [1.807, 2.05) is 65.6 Å². The van der Waals surface area contributed by atoms with Gasteiger partial charge in [-0.3, -0.25) is 9.59 Å². The smallest absolute Gasteiger partial charge is 0.308 e. The molecule has 0 aliphatic carbocycles. The second-order valence-electron chi connectivity index (χ2n) is 6.69. The lowest BCUT2D eigenvalue weighted by Gasteiger charge is -2.33. The van der Waals surface area contributed by atoms with E-state index < -0.39 is 11.9 Å². The number of piperidine rings is 1. The second-order valence-corrected chi connectivity index (χ2v) is 6.69. The van der Waals surface area contributed by atoms with E-state index in [1.165, 1.54) is 0 Å². The Morgan fingerprint density at radius 3 is 2.35 bits per heavy atom. The molecule has 2 aromatic rings. The normalized spacial score (nSPS) is 16.9. The molecule has 2 aromatic carbocycles. The highest BCUT2D eigenvalue weighted by Crippen LogP contribution is 2.20. The van der Waals surface area contributed by atoms with Gasteiger partial charge in [0.25, 0.3) is 0 Å². The fourth-order valence-corrected chi connectivity index (χ4v) is 3.35. The van der Waals surface area contributed by atoms with Crippen LogP contribution in [0.4, 0.5) is 5.69 Å². The summed E-state index contributed by atoms with van der Waals surface area (Å²) < 4.78 is 0. The molecule has 0 spiro atoms. The van der Waals surface area contributed by atoms with Crippen LogP contribution in [0.1, 0.15) is 18.4 Å². The van der Waals surface area contributed by atoms with Gasteiger partial charge >= 0.3 is 5.97 Å². The minimum atomic E-state index is -0.813. The van der Waals surface area contributed by atoms with Gasteiger partial charge in [-0.1, -0.05) is 48.5 Å². The van der Waals surface area contributed by atoms with Crippen LogP contribution in [0, 0.1) is 5.92 Å². The molecule has 0 saturated carbocycles. The van der Waals surface area contributed by atoms with Crippen LogP contribution in [0.15, 0.2) is 60.7 Å². The molecule has 136 valence electrons. The molecule has 5 nitrogen and oxygen atoms in total. The van der Waals surface area contributed by atoms with Crippen molar-refractivity contribution in [2.75, 3.05) is 24.5 Å². The third-order valence-electron chi connectivity index (χ3n) is 4.79. The Morgan fingerprint density at radius 1 is 1.04 bits per heavy atom. The van der Waals surface area contributed by atoms with Gasteiger partial charge in [0, 0.05) is 25.3 Å². The van der Waals surface area contributed by atoms with Crippen molar-refractivity contribution in [3.63, 3.8) is 0 Å². The number of hydrogen-bond donors (Lipinski definition) is 1. The summed E-state index contributed by atoms with van der Waals surface area (Å²) in [6.07, 6.45) is 1.39. The molecule has 1 saturated heterocycles. The predicted octanol–water partition coefficient (Wildman–Crippen LogP) is 3.02. The molecule has 1 N–H and O–H groups in total. The fraction of sp³-hybridized carbons (Fsp3) is 0.333. The Bertz CT molecular complexity index is 733. The number of rotatable bonds is 6. The minimum absolute atomic E-state index is 0.0178. The number of aliphatic carboxylic acids is 1. The maximum absolute atomic E-state index is 12.8.